The SMILES string of the molecule is O=C1/C(=C\C=C/c2ccccc2)CC/C1=C\C=C\c1ccccc1. The van der Waals surface area contributed by atoms with Crippen molar-refractivity contribution in [2.24, 2.45) is 0 Å². The standard InChI is InChI=1S/C23H20O/c24-23-21(15-7-13-19-9-3-1-4-10-19)17-18-22(23)16-8-14-20-11-5-2-6-12-20/h1-16H,17-18H2/b13-7-,14-8+,21-15-,22-16+. The topological polar surface area (TPSA) is 17.1 Å². The Labute approximate surface area is 143 Å². The quantitative estimate of drug-likeness (QED) is 0.669. The molecule has 0 aromatic heterocycles. The third-order valence-corrected chi connectivity index (χ3v) is 4.02. The van der Waals surface area contributed by atoms with Crippen LogP contribution in [0.2, 0.25) is 0 Å². The molecule has 0 atom stereocenters. The van der Waals surface area contributed by atoms with Crippen LogP contribution in [0.5, 0.6) is 0 Å². The zero-order valence-corrected chi connectivity index (χ0v) is 13.6. The highest BCUT2D eigenvalue weighted by Gasteiger charge is 2.21. The monoisotopic (exact) mass is 312 g/mol. The van der Waals surface area contributed by atoms with Crippen molar-refractivity contribution in [2.75, 3.05) is 0 Å². The molecule has 0 radical (unpaired) electrons. The van der Waals surface area contributed by atoms with E-state index >= 15 is 0 Å². The Hall–Kier alpha value is -2.93. The van der Waals surface area contributed by atoms with Crippen molar-refractivity contribution in [3.05, 3.63) is 107 Å². The fourth-order valence-electron chi connectivity index (χ4n) is 2.70. The maximum Gasteiger partial charge on any atom is 0.185 e. The Morgan fingerprint density at radius 2 is 1.04 bits per heavy atom. The molecule has 118 valence electrons. The summed E-state index contributed by atoms with van der Waals surface area (Å²) in [6.07, 6.45) is 13.5. The van der Waals surface area contributed by atoms with Crippen LogP contribution < -0.4 is 0 Å². The number of allylic oxidation sites excluding steroid dienone is 6. The predicted octanol–water partition coefficient (Wildman–Crippen LogP) is 5.63. The molecule has 0 aliphatic heterocycles. The van der Waals surface area contributed by atoms with E-state index in [1.807, 2.05) is 97.1 Å². The first-order valence-corrected chi connectivity index (χ1v) is 8.22. The number of rotatable bonds is 4. The third-order valence-electron chi connectivity index (χ3n) is 4.02. The molecule has 0 bridgehead atoms. The first-order valence-electron chi connectivity index (χ1n) is 8.22. The Morgan fingerprint density at radius 3 is 1.46 bits per heavy atom. The molecule has 1 aliphatic carbocycles. The molecule has 24 heavy (non-hydrogen) atoms. The predicted molar refractivity (Wildman–Crippen MR) is 101 cm³/mol. The Kier molecular flexibility index (Phi) is 5.36. The second-order valence-corrected chi connectivity index (χ2v) is 5.75. The van der Waals surface area contributed by atoms with E-state index in [4.69, 9.17) is 0 Å². The maximum atomic E-state index is 12.4. The summed E-state index contributed by atoms with van der Waals surface area (Å²) in [5.74, 6) is 0.172. The van der Waals surface area contributed by atoms with Crippen LogP contribution in [-0.4, -0.2) is 5.78 Å². The molecule has 0 unspecified atom stereocenters. The van der Waals surface area contributed by atoms with E-state index in [2.05, 4.69) is 0 Å². The molecule has 1 fully saturated rings. The van der Waals surface area contributed by atoms with Crippen molar-refractivity contribution in [3.63, 3.8) is 0 Å². The zero-order valence-electron chi connectivity index (χ0n) is 13.6. The van der Waals surface area contributed by atoms with Gasteiger partial charge in [0.2, 0.25) is 0 Å². The summed E-state index contributed by atoms with van der Waals surface area (Å²) in [7, 11) is 0. The molecule has 0 saturated heterocycles. The number of carbonyl (C=O) groups is 1. The molecule has 1 heteroatoms. The van der Waals surface area contributed by atoms with Gasteiger partial charge in [-0.05, 0) is 24.0 Å². The summed E-state index contributed by atoms with van der Waals surface area (Å²) in [5, 5.41) is 0. The summed E-state index contributed by atoms with van der Waals surface area (Å²) in [6.45, 7) is 0. The van der Waals surface area contributed by atoms with Crippen LogP contribution >= 0.6 is 0 Å². The van der Waals surface area contributed by atoms with E-state index in [9.17, 15) is 4.79 Å². The van der Waals surface area contributed by atoms with Crippen molar-refractivity contribution in [1.29, 1.82) is 0 Å². The van der Waals surface area contributed by atoms with Gasteiger partial charge in [-0.2, -0.15) is 0 Å². The normalized spacial score (nSPS) is 18.4. The lowest BCUT2D eigenvalue weighted by Crippen LogP contribution is -1.94. The summed E-state index contributed by atoms with van der Waals surface area (Å²) in [4.78, 5) is 12.4. The van der Waals surface area contributed by atoms with E-state index in [0.717, 1.165) is 35.1 Å². The van der Waals surface area contributed by atoms with Crippen molar-refractivity contribution >= 4 is 17.9 Å². The second-order valence-electron chi connectivity index (χ2n) is 5.75. The molecule has 0 N–H and O–H groups in total. The van der Waals surface area contributed by atoms with Crippen molar-refractivity contribution in [3.8, 4) is 0 Å². The van der Waals surface area contributed by atoms with E-state index < -0.39 is 0 Å². The van der Waals surface area contributed by atoms with E-state index in [0.29, 0.717) is 0 Å². The van der Waals surface area contributed by atoms with Gasteiger partial charge >= 0.3 is 0 Å². The number of Topliss-reactive ketones (excluding diaryl/α,β-unsaturated/α-hetero) is 1. The highest BCUT2D eigenvalue weighted by atomic mass is 16.1. The average Bonchev–Trinajstić information content (AvgIpc) is 2.97. The zero-order chi connectivity index (χ0) is 16.6. The van der Waals surface area contributed by atoms with E-state index in [-0.39, 0.29) is 5.78 Å². The van der Waals surface area contributed by atoms with Gasteiger partial charge in [0.25, 0.3) is 0 Å². The van der Waals surface area contributed by atoms with Gasteiger partial charge in [0.1, 0.15) is 0 Å². The fourth-order valence-corrected chi connectivity index (χ4v) is 2.70. The summed E-state index contributed by atoms with van der Waals surface area (Å²) >= 11 is 0. The van der Waals surface area contributed by atoms with Crippen LogP contribution in [0.15, 0.2) is 96.1 Å². The van der Waals surface area contributed by atoms with Gasteiger partial charge in [-0.15, -0.1) is 0 Å². The van der Waals surface area contributed by atoms with Gasteiger partial charge in [-0.25, -0.2) is 0 Å². The van der Waals surface area contributed by atoms with Crippen LogP contribution in [0.25, 0.3) is 12.2 Å². The van der Waals surface area contributed by atoms with Gasteiger partial charge in [0.05, 0.1) is 0 Å². The molecule has 1 nitrogen and oxygen atoms in total. The molecule has 2 aromatic rings. The van der Waals surface area contributed by atoms with E-state index in [1.54, 1.807) is 0 Å². The first-order chi connectivity index (χ1) is 11.8. The number of hydrogen-bond acceptors (Lipinski definition) is 1. The fraction of sp³-hybridized carbons (Fsp3) is 0.0870. The van der Waals surface area contributed by atoms with Gasteiger partial charge in [0, 0.05) is 11.1 Å². The molecule has 1 aliphatic rings. The van der Waals surface area contributed by atoms with Crippen molar-refractivity contribution in [2.45, 2.75) is 12.8 Å². The number of benzene rings is 2. The van der Waals surface area contributed by atoms with Crippen LogP contribution in [0.3, 0.4) is 0 Å². The first kappa shape index (κ1) is 15.9. The highest BCUT2D eigenvalue weighted by molar-refractivity contribution is 6.11. The minimum Gasteiger partial charge on any atom is -0.289 e. The Bertz CT molecular complexity index is 736. The lowest BCUT2D eigenvalue weighted by Gasteiger charge is -1.93. The molecule has 3 rings (SSSR count). The molecular weight excluding hydrogens is 292 g/mol. The van der Waals surface area contributed by atoms with Crippen LogP contribution in [0, 0.1) is 0 Å². The largest absolute Gasteiger partial charge is 0.289 e. The van der Waals surface area contributed by atoms with Gasteiger partial charge < -0.3 is 0 Å². The molecule has 0 spiro atoms. The molecule has 2 aromatic carbocycles. The van der Waals surface area contributed by atoms with Gasteiger partial charge in [-0.1, -0.05) is 97.1 Å². The third kappa shape index (κ3) is 4.30. The van der Waals surface area contributed by atoms with Crippen molar-refractivity contribution in [1.82, 2.24) is 0 Å². The molecule has 1 saturated carbocycles. The van der Waals surface area contributed by atoms with Crippen molar-refractivity contribution < 1.29 is 4.79 Å². The number of hydrogen-bond donors (Lipinski definition) is 0. The lowest BCUT2D eigenvalue weighted by molar-refractivity contribution is -0.111. The maximum absolute atomic E-state index is 12.4. The van der Waals surface area contributed by atoms with E-state index in [1.165, 1.54) is 0 Å². The van der Waals surface area contributed by atoms with Gasteiger partial charge in [-0.3, -0.25) is 4.79 Å². The highest BCUT2D eigenvalue weighted by Crippen LogP contribution is 2.26. The van der Waals surface area contributed by atoms with Crippen LogP contribution in [-0.2, 0) is 4.79 Å². The lowest BCUT2D eigenvalue weighted by atomic mass is 10.1. The summed E-state index contributed by atoms with van der Waals surface area (Å²) in [6, 6.07) is 20.2. The smallest absolute Gasteiger partial charge is 0.185 e. The minimum atomic E-state index is 0.172. The molecular formula is C23H20O. The second kappa shape index (κ2) is 8.07. The van der Waals surface area contributed by atoms with Crippen LogP contribution in [0.4, 0.5) is 0 Å². The summed E-state index contributed by atoms with van der Waals surface area (Å²) < 4.78 is 0. The Balaban J connectivity index is 1.64. The number of ketones is 1. The summed E-state index contributed by atoms with van der Waals surface area (Å²) in [5.41, 5.74) is 4.06. The Morgan fingerprint density at radius 1 is 0.625 bits per heavy atom. The average molecular weight is 312 g/mol. The molecule has 0 amide bonds. The van der Waals surface area contributed by atoms with Crippen LogP contribution in [0.1, 0.15) is 24.0 Å². The number of carbonyl (C=O) groups excluding carboxylic acids is 1. The molecule has 0 heterocycles. The minimum absolute atomic E-state index is 0.172. The van der Waals surface area contributed by atoms with Gasteiger partial charge in [0.15, 0.2) is 5.78 Å².